The van der Waals surface area contributed by atoms with Crippen molar-refractivity contribution in [2.24, 2.45) is 11.8 Å². The van der Waals surface area contributed by atoms with Gasteiger partial charge in [0.15, 0.2) is 0 Å². The molecular formula is C16H24BrN. The minimum Gasteiger partial charge on any atom is -0.312 e. The third kappa shape index (κ3) is 4.40. The number of halogens is 1. The zero-order valence-corrected chi connectivity index (χ0v) is 12.9. The van der Waals surface area contributed by atoms with Crippen molar-refractivity contribution in [1.29, 1.82) is 0 Å². The largest absolute Gasteiger partial charge is 0.312 e. The predicted molar refractivity (Wildman–Crippen MR) is 81.6 cm³/mol. The first-order valence-corrected chi connectivity index (χ1v) is 8.02. The topological polar surface area (TPSA) is 12.0 Å². The molecule has 0 unspecified atom stereocenters. The summed E-state index contributed by atoms with van der Waals surface area (Å²) in [6.45, 7) is 4.51. The summed E-state index contributed by atoms with van der Waals surface area (Å²) in [6.07, 6.45) is 7.10. The Kier molecular flexibility index (Phi) is 5.71. The molecule has 1 aliphatic carbocycles. The summed E-state index contributed by atoms with van der Waals surface area (Å²) in [5, 5.41) is 3.61. The minimum atomic E-state index is 0.903. The Balaban J connectivity index is 1.67. The lowest BCUT2D eigenvalue weighted by molar-refractivity contribution is 0.262. The molecule has 2 heteroatoms. The van der Waals surface area contributed by atoms with E-state index in [1.807, 2.05) is 0 Å². The van der Waals surface area contributed by atoms with Gasteiger partial charge in [0.1, 0.15) is 0 Å². The van der Waals surface area contributed by atoms with E-state index < -0.39 is 0 Å². The van der Waals surface area contributed by atoms with Gasteiger partial charge in [-0.05, 0) is 48.9 Å². The maximum atomic E-state index is 3.61. The molecule has 1 aromatic rings. The van der Waals surface area contributed by atoms with Crippen molar-refractivity contribution >= 4 is 15.9 Å². The average Bonchev–Trinajstić information content (AvgIpc) is 2.40. The zero-order chi connectivity index (χ0) is 12.8. The van der Waals surface area contributed by atoms with Crippen LogP contribution in [-0.4, -0.2) is 6.54 Å². The first kappa shape index (κ1) is 14.1. The van der Waals surface area contributed by atoms with Crippen LogP contribution in [0.3, 0.4) is 0 Å². The lowest BCUT2D eigenvalue weighted by Gasteiger charge is -2.27. The van der Waals surface area contributed by atoms with Gasteiger partial charge in [-0.2, -0.15) is 0 Å². The maximum Gasteiger partial charge on any atom is 0.0206 e. The predicted octanol–water partition coefficient (Wildman–Crippen LogP) is 4.76. The van der Waals surface area contributed by atoms with Crippen LogP contribution < -0.4 is 5.32 Å². The van der Waals surface area contributed by atoms with Gasteiger partial charge >= 0.3 is 0 Å². The van der Waals surface area contributed by atoms with Gasteiger partial charge in [0, 0.05) is 11.0 Å². The number of hydrogen-bond donors (Lipinski definition) is 1. The molecule has 1 saturated carbocycles. The Morgan fingerprint density at radius 3 is 2.56 bits per heavy atom. The molecule has 100 valence electrons. The molecule has 1 nitrogen and oxygen atoms in total. The molecule has 1 fully saturated rings. The molecule has 1 aromatic carbocycles. The van der Waals surface area contributed by atoms with Gasteiger partial charge in [0.2, 0.25) is 0 Å². The number of hydrogen-bond acceptors (Lipinski definition) is 1. The lowest BCUT2D eigenvalue weighted by atomic mass is 9.81. The van der Waals surface area contributed by atoms with Crippen molar-refractivity contribution in [2.45, 2.75) is 45.6 Å². The SMILES string of the molecule is CCC1CCC(CNCc2cccc(Br)c2)CC1. The van der Waals surface area contributed by atoms with Gasteiger partial charge in [-0.1, -0.05) is 54.2 Å². The summed E-state index contributed by atoms with van der Waals surface area (Å²) in [7, 11) is 0. The van der Waals surface area contributed by atoms with Crippen LogP contribution in [0.1, 0.15) is 44.6 Å². The van der Waals surface area contributed by atoms with E-state index in [1.165, 1.54) is 48.7 Å². The highest BCUT2D eigenvalue weighted by Crippen LogP contribution is 2.30. The lowest BCUT2D eigenvalue weighted by Crippen LogP contribution is -2.26. The second-order valence-electron chi connectivity index (χ2n) is 5.56. The second kappa shape index (κ2) is 7.30. The third-order valence-corrected chi connectivity index (χ3v) is 4.69. The Morgan fingerprint density at radius 1 is 1.17 bits per heavy atom. The van der Waals surface area contributed by atoms with Gasteiger partial charge in [-0.15, -0.1) is 0 Å². The van der Waals surface area contributed by atoms with Crippen LogP contribution in [0, 0.1) is 11.8 Å². The van der Waals surface area contributed by atoms with Crippen LogP contribution in [0.5, 0.6) is 0 Å². The molecule has 0 amide bonds. The fraction of sp³-hybridized carbons (Fsp3) is 0.625. The molecule has 0 heterocycles. The van der Waals surface area contributed by atoms with Crippen molar-refractivity contribution in [3.8, 4) is 0 Å². The van der Waals surface area contributed by atoms with Crippen LogP contribution in [0.4, 0.5) is 0 Å². The van der Waals surface area contributed by atoms with E-state index in [9.17, 15) is 0 Å². The second-order valence-corrected chi connectivity index (χ2v) is 6.47. The van der Waals surface area contributed by atoms with E-state index >= 15 is 0 Å². The molecule has 0 bridgehead atoms. The monoisotopic (exact) mass is 309 g/mol. The number of nitrogens with one attached hydrogen (secondary N) is 1. The molecule has 0 saturated heterocycles. The van der Waals surface area contributed by atoms with Crippen molar-refractivity contribution in [2.75, 3.05) is 6.54 Å². The normalized spacial score (nSPS) is 24.1. The van der Waals surface area contributed by atoms with Crippen LogP contribution >= 0.6 is 15.9 Å². The fourth-order valence-corrected chi connectivity index (χ4v) is 3.36. The molecule has 0 spiro atoms. The smallest absolute Gasteiger partial charge is 0.0206 e. The molecule has 0 aromatic heterocycles. The maximum absolute atomic E-state index is 3.61. The van der Waals surface area contributed by atoms with Crippen LogP contribution in [-0.2, 0) is 6.54 Å². The third-order valence-electron chi connectivity index (χ3n) is 4.19. The fourth-order valence-electron chi connectivity index (χ4n) is 2.91. The van der Waals surface area contributed by atoms with Crippen molar-refractivity contribution in [3.05, 3.63) is 34.3 Å². The summed E-state index contributed by atoms with van der Waals surface area (Å²) in [5.41, 5.74) is 1.37. The number of rotatable bonds is 5. The molecule has 0 radical (unpaired) electrons. The van der Waals surface area contributed by atoms with Gasteiger partial charge in [-0.25, -0.2) is 0 Å². The van der Waals surface area contributed by atoms with E-state index in [1.54, 1.807) is 0 Å². The van der Waals surface area contributed by atoms with Gasteiger partial charge in [0.25, 0.3) is 0 Å². The number of benzene rings is 1. The molecule has 2 rings (SSSR count). The highest BCUT2D eigenvalue weighted by molar-refractivity contribution is 9.10. The summed E-state index contributed by atoms with van der Waals surface area (Å²) >= 11 is 3.52. The molecule has 0 atom stereocenters. The Morgan fingerprint density at radius 2 is 1.89 bits per heavy atom. The highest BCUT2D eigenvalue weighted by atomic mass is 79.9. The summed E-state index contributed by atoms with van der Waals surface area (Å²) < 4.78 is 1.17. The Bertz CT molecular complexity index is 356. The van der Waals surface area contributed by atoms with E-state index in [-0.39, 0.29) is 0 Å². The Hall–Kier alpha value is -0.340. The first-order valence-electron chi connectivity index (χ1n) is 7.23. The first-order chi connectivity index (χ1) is 8.78. The molecule has 1 N–H and O–H groups in total. The van der Waals surface area contributed by atoms with Gasteiger partial charge in [-0.3, -0.25) is 0 Å². The van der Waals surface area contributed by atoms with Crippen LogP contribution in [0.15, 0.2) is 28.7 Å². The zero-order valence-electron chi connectivity index (χ0n) is 11.3. The van der Waals surface area contributed by atoms with Crippen molar-refractivity contribution in [3.63, 3.8) is 0 Å². The average molecular weight is 310 g/mol. The minimum absolute atomic E-state index is 0.903. The molecule has 0 aliphatic heterocycles. The van der Waals surface area contributed by atoms with E-state index in [0.29, 0.717) is 0 Å². The molecule has 1 aliphatic rings. The molecular weight excluding hydrogens is 286 g/mol. The highest BCUT2D eigenvalue weighted by Gasteiger charge is 2.19. The summed E-state index contributed by atoms with van der Waals surface area (Å²) in [5.74, 6) is 1.91. The van der Waals surface area contributed by atoms with E-state index in [0.717, 1.165) is 18.4 Å². The van der Waals surface area contributed by atoms with Crippen LogP contribution in [0.2, 0.25) is 0 Å². The summed E-state index contributed by atoms with van der Waals surface area (Å²) in [4.78, 5) is 0. The standard InChI is InChI=1S/C16H24BrN/c1-2-13-6-8-14(9-7-13)11-18-12-15-4-3-5-16(17)10-15/h3-5,10,13-14,18H,2,6-9,11-12H2,1H3. The van der Waals surface area contributed by atoms with E-state index in [4.69, 9.17) is 0 Å². The van der Waals surface area contributed by atoms with Gasteiger partial charge < -0.3 is 5.32 Å². The van der Waals surface area contributed by atoms with Crippen molar-refractivity contribution < 1.29 is 0 Å². The molecule has 18 heavy (non-hydrogen) atoms. The van der Waals surface area contributed by atoms with E-state index in [2.05, 4.69) is 52.4 Å². The quantitative estimate of drug-likeness (QED) is 0.827. The summed E-state index contributed by atoms with van der Waals surface area (Å²) in [6, 6.07) is 8.57. The van der Waals surface area contributed by atoms with Crippen LogP contribution in [0.25, 0.3) is 0 Å². The van der Waals surface area contributed by atoms with Gasteiger partial charge in [0.05, 0.1) is 0 Å². The Labute approximate surface area is 119 Å². The van der Waals surface area contributed by atoms with Crippen molar-refractivity contribution in [1.82, 2.24) is 5.32 Å².